The molecule has 2 saturated heterocycles. The number of epoxide rings is 2. The SMILES string of the molecule is C[C@H]1[C@@H](O)[C@H]2O[C@H]2C2=CC(=O)C3(CC21C)O[C@]3(C)C=O. The fourth-order valence-corrected chi connectivity index (χ4v) is 4.22. The van der Waals surface area contributed by atoms with Crippen molar-refractivity contribution in [1.82, 2.24) is 0 Å². The molecule has 2 aliphatic heterocycles. The molecule has 5 nitrogen and oxygen atoms in total. The molecule has 4 aliphatic rings. The molecule has 0 aromatic rings. The molecule has 20 heavy (non-hydrogen) atoms. The number of carbonyl (C=O) groups is 2. The molecular formula is C15H18O5. The number of ketones is 1. The van der Waals surface area contributed by atoms with Crippen molar-refractivity contribution in [3.63, 3.8) is 0 Å². The van der Waals surface area contributed by atoms with E-state index in [9.17, 15) is 14.7 Å². The number of fused-ring (bicyclic) bond motifs is 3. The summed E-state index contributed by atoms with van der Waals surface area (Å²) in [6, 6.07) is 0. The highest BCUT2D eigenvalue weighted by molar-refractivity contribution is 6.06. The predicted molar refractivity (Wildman–Crippen MR) is 67.9 cm³/mol. The van der Waals surface area contributed by atoms with E-state index in [4.69, 9.17) is 9.47 Å². The third-order valence-electron chi connectivity index (χ3n) is 6.02. The van der Waals surface area contributed by atoms with Gasteiger partial charge in [0.25, 0.3) is 0 Å². The van der Waals surface area contributed by atoms with Gasteiger partial charge >= 0.3 is 0 Å². The van der Waals surface area contributed by atoms with Crippen LogP contribution in [0.15, 0.2) is 11.6 Å². The lowest BCUT2D eigenvalue weighted by Gasteiger charge is -2.46. The van der Waals surface area contributed by atoms with E-state index in [0.29, 0.717) is 12.7 Å². The Kier molecular flexibility index (Phi) is 2.05. The van der Waals surface area contributed by atoms with Crippen LogP contribution in [0.5, 0.6) is 0 Å². The van der Waals surface area contributed by atoms with Gasteiger partial charge in [-0.25, -0.2) is 0 Å². The van der Waals surface area contributed by atoms with Crippen LogP contribution in [-0.2, 0) is 19.1 Å². The van der Waals surface area contributed by atoms with Gasteiger partial charge in [-0.15, -0.1) is 0 Å². The van der Waals surface area contributed by atoms with Gasteiger partial charge in [-0.3, -0.25) is 4.79 Å². The highest BCUT2D eigenvalue weighted by Crippen LogP contribution is 2.64. The molecule has 0 bridgehead atoms. The van der Waals surface area contributed by atoms with Gasteiger partial charge in [-0.2, -0.15) is 0 Å². The number of hydrogen-bond acceptors (Lipinski definition) is 5. The maximum Gasteiger partial charge on any atom is 0.191 e. The molecule has 1 spiro atoms. The first-order chi connectivity index (χ1) is 9.29. The number of aliphatic hydroxyl groups is 1. The minimum atomic E-state index is -1.04. The maximum atomic E-state index is 12.4. The molecular weight excluding hydrogens is 260 g/mol. The summed E-state index contributed by atoms with van der Waals surface area (Å²) in [5.41, 5.74) is -1.48. The summed E-state index contributed by atoms with van der Waals surface area (Å²) in [5.74, 6) is -0.181. The number of rotatable bonds is 1. The highest BCUT2D eigenvalue weighted by Gasteiger charge is 2.77. The van der Waals surface area contributed by atoms with Crippen LogP contribution in [0.4, 0.5) is 0 Å². The Labute approximate surface area is 116 Å². The van der Waals surface area contributed by atoms with Crippen LogP contribution in [0.25, 0.3) is 0 Å². The zero-order valence-electron chi connectivity index (χ0n) is 11.8. The van der Waals surface area contributed by atoms with E-state index in [-0.39, 0.29) is 29.3 Å². The summed E-state index contributed by atoms with van der Waals surface area (Å²) in [4.78, 5) is 23.6. The van der Waals surface area contributed by atoms with Crippen LogP contribution in [0.2, 0.25) is 0 Å². The average molecular weight is 278 g/mol. The smallest absolute Gasteiger partial charge is 0.191 e. The minimum Gasteiger partial charge on any atom is -0.390 e. The van der Waals surface area contributed by atoms with Crippen molar-refractivity contribution < 1.29 is 24.2 Å². The molecule has 2 aliphatic carbocycles. The van der Waals surface area contributed by atoms with E-state index in [2.05, 4.69) is 0 Å². The van der Waals surface area contributed by atoms with Crippen molar-refractivity contribution in [3.8, 4) is 0 Å². The molecule has 1 N–H and O–H groups in total. The van der Waals surface area contributed by atoms with Crippen molar-refractivity contribution in [2.45, 2.75) is 56.7 Å². The average Bonchev–Trinajstić information content (AvgIpc) is 3.28. The largest absolute Gasteiger partial charge is 0.390 e. The van der Waals surface area contributed by atoms with Crippen LogP contribution < -0.4 is 0 Å². The number of carbonyl (C=O) groups excluding carboxylic acids is 2. The standard InChI is InChI=1S/C15H18O5/c1-7-10(18)12-11(19-12)8-4-9(17)15(5-13(7,8)2)14(3,6-16)20-15/h4,6-7,10-12,18H,5H2,1-3H3/t7-,10+,11-,12+,13?,14+,15?/m0/s1. The quantitative estimate of drug-likeness (QED) is 0.554. The summed E-state index contributed by atoms with van der Waals surface area (Å²) < 4.78 is 11.1. The lowest BCUT2D eigenvalue weighted by Crippen LogP contribution is -2.52. The first-order valence-electron chi connectivity index (χ1n) is 7.06. The summed E-state index contributed by atoms with van der Waals surface area (Å²) >= 11 is 0. The van der Waals surface area contributed by atoms with Crippen molar-refractivity contribution in [2.24, 2.45) is 11.3 Å². The molecule has 108 valence electrons. The highest BCUT2D eigenvalue weighted by atomic mass is 16.6. The maximum absolute atomic E-state index is 12.4. The number of aliphatic hydroxyl groups excluding tert-OH is 1. The van der Waals surface area contributed by atoms with E-state index in [1.54, 1.807) is 13.0 Å². The van der Waals surface area contributed by atoms with Crippen molar-refractivity contribution in [2.75, 3.05) is 0 Å². The molecule has 0 aromatic heterocycles. The Hall–Kier alpha value is -1.04. The summed E-state index contributed by atoms with van der Waals surface area (Å²) in [7, 11) is 0. The molecule has 3 fully saturated rings. The Morgan fingerprint density at radius 2 is 2.15 bits per heavy atom. The first kappa shape index (κ1) is 12.7. The van der Waals surface area contributed by atoms with Crippen LogP contribution in [0.3, 0.4) is 0 Å². The van der Waals surface area contributed by atoms with E-state index in [1.807, 2.05) is 13.8 Å². The van der Waals surface area contributed by atoms with Gasteiger partial charge in [0, 0.05) is 0 Å². The topological polar surface area (TPSA) is 79.4 Å². The lowest BCUT2D eigenvalue weighted by atomic mass is 9.56. The predicted octanol–water partition coefficient (Wildman–Crippen LogP) is 0.396. The van der Waals surface area contributed by atoms with Gasteiger partial charge in [0.1, 0.15) is 12.2 Å². The van der Waals surface area contributed by atoms with Crippen molar-refractivity contribution in [1.29, 1.82) is 0 Å². The van der Waals surface area contributed by atoms with Crippen molar-refractivity contribution in [3.05, 3.63) is 11.6 Å². The monoisotopic (exact) mass is 278 g/mol. The second-order valence-corrected chi connectivity index (χ2v) is 7.01. The number of ether oxygens (including phenoxy) is 2. The molecule has 2 unspecified atom stereocenters. The molecule has 1 saturated carbocycles. The van der Waals surface area contributed by atoms with E-state index in [0.717, 1.165) is 5.57 Å². The lowest BCUT2D eigenvalue weighted by molar-refractivity contribution is -0.123. The zero-order valence-corrected chi connectivity index (χ0v) is 11.8. The molecule has 4 rings (SSSR count). The van der Waals surface area contributed by atoms with Gasteiger partial charge in [0.05, 0.1) is 6.10 Å². The fourth-order valence-electron chi connectivity index (χ4n) is 4.22. The van der Waals surface area contributed by atoms with Crippen LogP contribution in [0.1, 0.15) is 27.2 Å². The summed E-state index contributed by atoms with van der Waals surface area (Å²) in [5, 5.41) is 10.3. The van der Waals surface area contributed by atoms with E-state index >= 15 is 0 Å². The minimum absolute atomic E-state index is 0.0393. The van der Waals surface area contributed by atoms with Gasteiger partial charge in [-0.1, -0.05) is 13.8 Å². The van der Waals surface area contributed by atoms with E-state index in [1.165, 1.54) is 0 Å². The molecule has 0 aromatic carbocycles. The Morgan fingerprint density at radius 3 is 2.75 bits per heavy atom. The van der Waals surface area contributed by atoms with Crippen LogP contribution in [-0.4, -0.2) is 46.7 Å². The molecule has 0 radical (unpaired) electrons. The number of hydrogen-bond donors (Lipinski definition) is 1. The Balaban J connectivity index is 1.81. The van der Waals surface area contributed by atoms with Gasteiger partial charge in [-0.05, 0) is 36.3 Å². The van der Waals surface area contributed by atoms with Gasteiger partial charge in [0.15, 0.2) is 23.3 Å². The van der Waals surface area contributed by atoms with Crippen LogP contribution in [0, 0.1) is 11.3 Å². The molecule has 2 heterocycles. The first-order valence-corrected chi connectivity index (χ1v) is 7.06. The third-order valence-corrected chi connectivity index (χ3v) is 6.02. The molecule has 7 atom stereocenters. The Bertz CT molecular complexity index is 569. The van der Waals surface area contributed by atoms with Gasteiger partial charge in [0.2, 0.25) is 0 Å². The molecule has 5 heteroatoms. The fraction of sp³-hybridized carbons (Fsp3) is 0.733. The number of aldehydes is 1. The summed E-state index contributed by atoms with van der Waals surface area (Å²) in [6.45, 7) is 5.66. The molecule has 0 amide bonds. The third kappa shape index (κ3) is 1.16. The summed E-state index contributed by atoms with van der Waals surface area (Å²) in [6.07, 6.45) is 1.90. The normalized spacial score (nSPS) is 59.6. The van der Waals surface area contributed by atoms with Crippen LogP contribution >= 0.6 is 0 Å². The Morgan fingerprint density at radius 1 is 1.45 bits per heavy atom. The van der Waals surface area contributed by atoms with E-state index < -0.39 is 17.3 Å². The van der Waals surface area contributed by atoms with Gasteiger partial charge < -0.3 is 19.4 Å². The second kappa shape index (κ2) is 3.24. The second-order valence-electron chi connectivity index (χ2n) is 7.01. The van der Waals surface area contributed by atoms with Crippen molar-refractivity contribution >= 4 is 12.1 Å². The zero-order chi connectivity index (χ0) is 14.5.